The highest BCUT2D eigenvalue weighted by Gasteiger charge is 2.25. The fraction of sp³-hybridized carbons (Fsp3) is 0.348. The Morgan fingerprint density at radius 3 is 2.70 bits per heavy atom. The maximum Gasteiger partial charge on any atom is 0.254 e. The number of likely N-dealkylation sites (tertiary alicyclic amines) is 1. The third-order valence-electron chi connectivity index (χ3n) is 5.52. The lowest BCUT2D eigenvalue weighted by Gasteiger charge is -2.32. The van der Waals surface area contributed by atoms with Crippen LogP contribution in [0.1, 0.15) is 28.9 Å². The summed E-state index contributed by atoms with van der Waals surface area (Å²) in [5.74, 6) is 0.616. The number of carbonyl (C=O) groups excluding carboxylic acids is 1. The molecule has 10 heteroatoms. The fourth-order valence-electron chi connectivity index (χ4n) is 3.74. The van der Waals surface area contributed by atoms with Gasteiger partial charge in [0, 0.05) is 24.9 Å². The standard InChI is InChI=1S/C23H26N4O5S/c1-31-20-6-3-5-17(13-20)23(28)26-12-4-7-21(15-26)32-16-18-14-27(25-24-18)19-8-10-22(11-9-19)33(2,29)30/h3,5-6,8-11,13-14,21H,4,7,12,15-16H2,1-2H3. The van der Waals surface area contributed by atoms with Crippen LogP contribution in [-0.4, -0.2) is 66.8 Å². The number of benzene rings is 2. The number of aromatic nitrogens is 3. The summed E-state index contributed by atoms with van der Waals surface area (Å²) in [6.07, 6.45) is 4.55. The lowest BCUT2D eigenvalue weighted by atomic mass is 10.1. The van der Waals surface area contributed by atoms with Crippen LogP contribution >= 0.6 is 0 Å². The first-order valence-corrected chi connectivity index (χ1v) is 12.5. The lowest BCUT2D eigenvalue weighted by Crippen LogP contribution is -2.43. The van der Waals surface area contributed by atoms with Crippen LogP contribution in [0.2, 0.25) is 0 Å². The van der Waals surface area contributed by atoms with Crippen LogP contribution in [-0.2, 0) is 21.2 Å². The molecule has 1 unspecified atom stereocenters. The molecule has 174 valence electrons. The van der Waals surface area contributed by atoms with Crippen molar-refractivity contribution >= 4 is 15.7 Å². The average molecular weight is 471 g/mol. The molecule has 0 N–H and O–H groups in total. The molecule has 2 heterocycles. The SMILES string of the molecule is COc1cccc(C(=O)N2CCCC(OCc3cn(-c4ccc(S(C)(=O)=O)cc4)nn3)C2)c1. The number of amides is 1. The smallest absolute Gasteiger partial charge is 0.254 e. The predicted molar refractivity (Wildman–Crippen MR) is 121 cm³/mol. The van der Waals surface area contributed by atoms with Gasteiger partial charge >= 0.3 is 0 Å². The van der Waals surface area contributed by atoms with Gasteiger partial charge in [0.05, 0.1) is 36.6 Å². The molecule has 0 radical (unpaired) electrons. The third kappa shape index (κ3) is 5.58. The fourth-order valence-corrected chi connectivity index (χ4v) is 4.37. The number of hydrogen-bond acceptors (Lipinski definition) is 7. The topological polar surface area (TPSA) is 104 Å². The molecule has 1 aliphatic rings. The van der Waals surface area contributed by atoms with Crippen LogP contribution in [0.3, 0.4) is 0 Å². The van der Waals surface area contributed by atoms with E-state index in [1.165, 1.54) is 6.26 Å². The maximum absolute atomic E-state index is 12.9. The monoisotopic (exact) mass is 470 g/mol. The normalized spacial score (nSPS) is 16.5. The van der Waals surface area contributed by atoms with E-state index < -0.39 is 9.84 Å². The van der Waals surface area contributed by atoms with Gasteiger partial charge in [-0.2, -0.15) is 0 Å². The molecule has 0 saturated carbocycles. The molecule has 9 nitrogen and oxygen atoms in total. The highest BCUT2D eigenvalue weighted by molar-refractivity contribution is 7.90. The molecule has 33 heavy (non-hydrogen) atoms. The Balaban J connectivity index is 1.35. The number of piperidine rings is 1. The van der Waals surface area contributed by atoms with E-state index in [1.54, 1.807) is 54.4 Å². The van der Waals surface area contributed by atoms with E-state index in [-0.39, 0.29) is 23.5 Å². The first-order valence-electron chi connectivity index (χ1n) is 10.6. The number of ether oxygens (including phenoxy) is 2. The van der Waals surface area contributed by atoms with E-state index in [1.807, 2.05) is 17.0 Å². The van der Waals surface area contributed by atoms with Crippen molar-refractivity contribution < 1.29 is 22.7 Å². The molecule has 1 atom stereocenters. The average Bonchev–Trinajstić information content (AvgIpc) is 3.31. The quantitative estimate of drug-likeness (QED) is 0.523. The van der Waals surface area contributed by atoms with Gasteiger partial charge in [-0.05, 0) is 55.3 Å². The Morgan fingerprint density at radius 1 is 1.18 bits per heavy atom. The number of methoxy groups -OCH3 is 1. The van der Waals surface area contributed by atoms with Gasteiger partial charge < -0.3 is 14.4 Å². The third-order valence-corrected chi connectivity index (χ3v) is 6.65. The Kier molecular flexibility index (Phi) is 6.75. The molecule has 4 rings (SSSR count). The number of hydrogen-bond donors (Lipinski definition) is 0. The molecule has 0 spiro atoms. The van der Waals surface area contributed by atoms with Crippen LogP contribution in [0.4, 0.5) is 0 Å². The van der Waals surface area contributed by atoms with E-state index in [4.69, 9.17) is 9.47 Å². The molecular weight excluding hydrogens is 444 g/mol. The van der Waals surface area contributed by atoms with E-state index in [2.05, 4.69) is 10.3 Å². The van der Waals surface area contributed by atoms with Gasteiger partial charge in [0.15, 0.2) is 9.84 Å². The zero-order valence-corrected chi connectivity index (χ0v) is 19.4. The molecule has 1 amide bonds. The molecule has 1 fully saturated rings. The molecule has 3 aromatic rings. The van der Waals surface area contributed by atoms with Gasteiger partial charge in [0.25, 0.3) is 5.91 Å². The molecule has 0 aliphatic carbocycles. The van der Waals surface area contributed by atoms with E-state index in [0.717, 1.165) is 12.8 Å². The van der Waals surface area contributed by atoms with Crippen molar-refractivity contribution in [2.75, 3.05) is 26.5 Å². The second-order valence-electron chi connectivity index (χ2n) is 7.98. The van der Waals surface area contributed by atoms with Gasteiger partial charge in [-0.1, -0.05) is 11.3 Å². The Bertz CT molecular complexity index is 1220. The van der Waals surface area contributed by atoms with Gasteiger partial charge in [0.1, 0.15) is 11.4 Å². The minimum atomic E-state index is -3.25. The number of rotatable bonds is 7. The molecule has 1 aromatic heterocycles. The van der Waals surface area contributed by atoms with E-state index in [9.17, 15) is 13.2 Å². The summed E-state index contributed by atoms with van der Waals surface area (Å²) in [4.78, 5) is 14.9. The van der Waals surface area contributed by atoms with Crippen molar-refractivity contribution in [2.24, 2.45) is 0 Å². The minimum Gasteiger partial charge on any atom is -0.497 e. The molecule has 2 aromatic carbocycles. The maximum atomic E-state index is 12.9. The summed E-state index contributed by atoms with van der Waals surface area (Å²) in [6.45, 7) is 1.47. The van der Waals surface area contributed by atoms with E-state index >= 15 is 0 Å². The first kappa shape index (κ1) is 22.9. The van der Waals surface area contributed by atoms with Crippen molar-refractivity contribution in [3.63, 3.8) is 0 Å². The largest absolute Gasteiger partial charge is 0.497 e. The second-order valence-corrected chi connectivity index (χ2v) is 9.99. The van der Waals surface area contributed by atoms with Crippen molar-refractivity contribution in [3.05, 3.63) is 66.0 Å². The van der Waals surface area contributed by atoms with Crippen LogP contribution in [0.15, 0.2) is 59.6 Å². The summed E-state index contributed by atoms with van der Waals surface area (Å²) >= 11 is 0. The Hall–Kier alpha value is -3.24. The summed E-state index contributed by atoms with van der Waals surface area (Å²) in [6, 6.07) is 13.6. The van der Waals surface area contributed by atoms with Gasteiger partial charge in [-0.3, -0.25) is 4.79 Å². The number of nitrogens with zero attached hydrogens (tertiary/aromatic N) is 4. The van der Waals surface area contributed by atoms with Gasteiger partial charge in [-0.15, -0.1) is 5.10 Å². The van der Waals surface area contributed by atoms with Crippen molar-refractivity contribution in [1.82, 2.24) is 19.9 Å². The highest BCUT2D eigenvalue weighted by Crippen LogP contribution is 2.20. The Labute approximate surface area is 192 Å². The summed E-state index contributed by atoms with van der Waals surface area (Å²) in [5, 5.41) is 8.25. The van der Waals surface area contributed by atoms with Crippen molar-refractivity contribution in [1.29, 1.82) is 0 Å². The zero-order chi connectivity index (χ0) is 23.4. The predicted octanol–water partition coefficient (Wildman–Crippen LogP) is 2.50. The lowest BCUT2D eigenvalue weighted by molar-refractivity contribution is -0.00788. The van der Waals surface area contributed by atoms with Gasteiger partial charge in [-0.25, -0.2) is 13.1 Å². The van der Waals surface area contributed by atoms with Crippen molar-refractivity contribution in [3.8, 4) is 11.4 Å². The number of sulfone groups is 1. The number of carbonyl (C=O) groups is 1. The molecule has 1 aliphatic heterocycles. The second kappa shape index (κ2) is 9.72. The van der Waals surface area contributed by atoms with Gasteiger partial charge in [0.2, 0.25) is 0 Å². The van der Waals surface area contributed by atoms with Crippen LogP contribution in [0, 0.1) is 0 Å². The summed E-state index contributed by atoms with van der Waals surface area (Å²) in [5.41, 5.74) is 1.95. The van der Waals surface area contributed by atoms with E-state index in [0.29, 0.717) is 35.8 Å². The molecule has 0 bridgehead atoms. The summed E-state index contributed by atoms with van der Waals surface area (Å²) < 4.78 is 36.0. The van der Waals surface area contributed by atoms with Crippen LogP contribution in [0.5, 0.6) is 5.75 Å². The van der Waals surface area contributed by atoms with Crippen molar-refractivity contribution in [2.45, 2.75) is 30.4 Å². The molecular formula is C23H26N4O5S. The summed E-state index contributed by atoms with van der Waals surface area (Å²) in [7, 11) is -1.67. The molecule has 1 saturated heterocycles. The Morgan fingerprint density at radius 2 is 1.97 bits per heavy atom. The van der Waals surface area contributed by atoms with Crippen LogP contribution < -0.4 is 4.74 Å². The first-order chi connectivity index (χ1) is 15.8. The van der Waals surface area contributed by atoms with Crippen LogP contribution in [0.25, 0.3) is 5.69 Å². The minimum absolute atomic E-state index is 0.0364. The highest BCUT2D eigenvalue weighted by atomic mass is 32.2. The zero-order valence-electron chi connectivity index (χ0n) is 18.5.